The van der Waals surface area contributed by atoms with E-state index in [9.17, 15) is 9.18 Å². The molecule has 0 bridgehead atoms. The van der Waals surface area contributed by atoms with E-state index in [0.29, 0.717) is 19.0 Å². The molecule has 0 spiro atoms. The van der Waals surface area contributed by atoms with Crippen LogP contribution in [0.3, 0.4) is 0 Å². The standard InChI is InChI=1S/C16H21FN2OS/c17-13-3-1-12(2-4-13)16(5-6-16)11-19-15(20)9-14-10-21-8-7-18-14/h1-4,14,18H,5-11H2,(H,19,20). The molecule has 2 fully saturated rings. The van der Waals surface area contributed by atoms with Gasteiger partial charge in [-0.15, -0.1) is 0 Å². The Balaban J connectivity index is 1.50. The van der Waals surface area contributed by atoms with Crippen molar-refractivity contribution >= 4 is 17.7 Å². The lowest BCUT2D eigenvalue weighted by Gasteiger charge is -2.23. The molecule has 5 heteroatoms. The molecule has 1 saturated heterocycles. The summed E-state index contributed by atoms with van der Waals surface area (Å²) in [6.07, 6.45) is 2.68. The van der Waals surface area contributed by atoms with Crippen molar-refractivity contribution in [2.45, 2.75) is 30.7 Å². The summed E-state index contributed by atoms with van der Waals surface area (Å²) in [4.78, 5) is 12.1. The van der Waals surface area contributed by atoms with Crippen LogP contribution in [-0.4, -0.2) is 36.5 Å². The van der Waals surface area contributed by atoms with Gasteiger partial charge in [0.25, 0.3) is 0 Å². The molecule has 1 heterocycles. The summed E-state index contributed by atoms with van der Waals surface area (Å²) in [5.74, 6) is 2.05. The minimum Gasteiger partial charge on any atom is -0.355 e. The minimum atomic E-state index is -0.209. The van der Waals surface area contributed by atoms with Crippen LogP contribution >= 0.6 is 11.8 Å². The SMILES string of the molecule is O=C(CC1CSCCN1)NCC1(c2ccc(F)cc2)CC1. The van der Waals surface area contributed by atoms with Gasteiger partial charge in [0.2, 0.25) is 5.91 Å². The Kier molecular flexibility index (Phi) is 4.50. The van der Waals surface area contributed by atoms with Crippen molar-refractivity contribution in [1.29, 1.82) is 0 Å². The Morgan fingerprint density at radius 3 is 2.76 bits per heavy atom. The second-order valence-corrected chi connectivity index (χ2v) is 7.14. The number of thioether (sulfide) groups is 1. The highest BCUT2D eigenvalue weighted by Crippen LogP contribution is 2.47. The molecule has 0 radical (unpaired) electrons. The molecule has 1 aliphatic heterocycles. The molecule has 1 unspecified atom stereocenters. The van der Waals surface area contributed by atoms with Crippen LogP contribution in [-0.2, 0) is 10.2 Å². The van der Waals surface area contributed by atoms with Crippen LogP contribution in [0.5, 0.6) is 0 Å². The molecular weight excluding hydrogens is 287 g/mol. The van der Waals surface area contributed by atoms with E-state index in [2.05, 4.69) is 10.6 Å². The quantitative estimate of drug-likeness (QED) is 0.875. The monoisotopic (exact) mass is 308 g/mol. The number of benzene rings is 1. The molecule has 1 amide bonds. The number of hydrogen-bond acceptors (Lipinski definition) is 3. The Morgan fingerprint density at radius 1 is 1.38 bits per heavy atom. The maximum absolute atomic E-state index is 13.0. The lowest BCUT2D eigenvalue weighted by molar-refractivity contribution is -0.121. The van der Waals surface area contributed by atoms with Crippen LogP contribution in [0.15, 0.2) is 24.3 Å². The molecular formula is C16H21FN2OS. The van der Waals surface area contributed by atoms with E-state index in [-0.39, 0.29) is 17.1 Å². The van der Waals surface area contributed by atoms with Crippen molar-refractivity contribution in [3.63, 3.8) is 0 Å². The summed E-state index contributed by atoms with van der Waals surface area (Å²) in [6, 6.07) is 6.98. The number of amides is 1. The van der Waals surface area contributed by atoms with Gasteiger partial charge in [-0.25, -0.2) is 4.39 Å². The molecule has 1 aromatic carbocycles. The van der Waals surface area contributed by atoms with E-state index < -0.39 is 0 Å². The van der Waals surface area contributed by atoms with Crippen LogP contribution in [0.1, 0.15) is 24.8 Å². The minimum absolute atomic E-state index is 0.0398. The Bertz CT molecular complexity index is 496. The summed E-state index contributed by atoms with van der Waals surface area (Å²) in [5, 5.41) is 6.44. The maximum Gasteiger partial charge on any atom is 0.221 e. The van der Waals surface area contributed by atoms with Gasteiger partial charge in [-0.1, -0.05) is 12.1 Å². The first-order valence-electron chi connectivity index (χ1n) is 7.52. The van der Waals surface area contributed by atoms with Gasteiger partial charge < -0.3 is 10.6 Å². The van der Waals surface area contributed by atoms with E-state index >= 15 is 0 Å². The fraction of sp³-hybridized carbons (Fsp3) is 0.562. The Morgan fingerprint density at radius 2 is 2.14 bits per heavy atom. The zero-order chi connectivity index (χ0) is 14.7. The second kappa shape index (κ2) is 6.36. The molecule has 2 aliphatic rings. The van der Waals surface area contributed by atoms with Crippen LogP contribution in [0.4, 0.5) is 4.39 Å². The number of halogens is 1. The third-order valence-corrected chi connectivity index (χ3v) is 5.50. The van der Waals surface area contributed by atoms with Gasteiger partial charge in [0.1, 0.15) is 5.82 Å². The van der Waals surface area contributed by atoms with Crippen molar-refractivity contribution in [2.24, 2.45) is 0 Å². The predicted octanol–water partition coefficient (Wildman–Crippen LogP) is 2.07. The fourth-order valence-corrected chi connectivity index (χ4v) is 3.79. The molecule has 0 aromatic heterocycles. The number of nitrogens with one attached hydrogen (secondary N) is 2. The largest absolute Gasteiger partial charge is 0.355 e. The zero-order valence-electron chi connectivity index (χ0n) is 12.0. The summed E-state index contributed by atoms with van der Waals surface area (Å²) in [6.45, 7) is 1.65. The van der Waals surface area contributed by atoms with Crippen molar-refractivity contribution in [3.8, 4) is 0 Å². The van der Waals surface area contributed by atoms with Gasteiger partial charge in [-0.2, -0.15) is 11.8 Å². The van der Waals surface area contributed by atoms with Gasteiger partial charge in [-0.3, -0.25) is 4.79 Å². The molecule has 114 valence electrons. The smallest absolute Gasteiger partial charge is 0.221 e. The third-order valence-electron chi connectivity index (χ3n) is 4.36. The van der Waals surface area contributed by atoms with Gasteiger partial charge in [0, 0.05) is 42.5 Å². The number of carbonyl (C=O) groups is 1. The Labute approximate surface area is 129 Å². The topological polar surface area (TPSA) is 41.1 Å². The zero-order valence-corrected chi connectivity index (χ0v) is 12.8. The molecule has 1 atom stereocenters. The first-order valence-corrected chi connectivity index (χ1v) is 8.67. The van der Waals surface area contributed by atoms with Crippen molar-refractivity contribution in [2.75, 3.05) is 24.6 Å². The van der Waals surface area contributed by atoms with Crippen molar-refractivity contribution < 1.29 is 9.18 Å². The third kappa shape index (κ3) is 3.77. The highest BCUT2D eigenvalue weighted by molar-refractivity contribution is 7.99. The maximum atomic E-state index is 13.0. The van der Waals surface area contributed by atoms with Crippen LogP contribution < -0.4 is 10.6 Å². The lowest BCUT2D eigenvalue weighted by Crippen LogP contribution is -2.42. The average Bonchev–Trinajstić information content (AvgIpc) is 3.28. The molecule has 1 aliphatic carbocycles. The molecule has 21 heavy (non-hydrogen) atoms. The first kappa shape index (κ1) is 14.9. The van der Waals surface area contributed by atoms with Crippen LogP contribution in [0.2, 0.25) is 0 Å². The molecule has 2 N–H and O–H groups in total. The summed E-state index contributed by atoms with van der Waals surface area (Å²) in [7, 11) is 0. The van der Waals surface area contributed by atoms with Crippen molar-refractivity contribution in [3.05, 3.63) is 35.6 Å². The average molecular weight is 308 g/mol. The molecule has 3 nitrogen and oxygen atoms in total. The van der Waals surface area contributed by atoms with E-state index in [1.165, 1.54) is 12.1 Å². The normalized spacial score (nSPS) is 23.6. The Hall–Kier alpha value is -1.07. The van der Waals surface area contributed by atoms with Crippen molar-refractivity contribution in [1.82, 2.24) is 10.6 Å². The van der Waals surface area contributed by atoms with E-state index in [0.717, 1.165) is 36.5 Å². The molecule has 1 aromatic rings. The van der Waals surface area contributed by atoms with Gasteiger partial charge in [0.05, 0.1) is 0 Å². The summed E-state index contributed by atoms with van der Waals surface area (Å²) < 4.78 is 13.0. The number of carbonyl (C=O) groups excluding carboxylic acids is 1. The fourth-order valence-electron chi connectivity index (χ4n) is 2.84. The van der Waals surface area contributed by atoms with Gasteiger partial charge in [0.15, 0.2) is 0 Å². The highest BCUT2D eigenvalue weighted by Gasteiger charge is 2.44. The van der Waals surface area contributed by atoms with Gasteiger partial charge >= 0.3 is 0 Å². The number of rotatable bonds is 5. The highest BCUT2D eigenvalue weighted by atomic mass is 32.2. The summed E-state index contributed by atoms with van der Waals surface area (Å²) in [5.41, 5.74) is 1.17. The number of hydrogen-bond donors (Lipinski definition) is 2. The van der Waals surface area contributed by atoms with Crippen LogP contribution in [0.25, 0.3) is 0 Å². The molecule has 3 rings (SSSR count). The van der Waals surface area contributed by atoms with E-state index in [4.69, 9.17) is 0 Å². The lowest BCUT2D eigenvalue weighted by atomic mass is 9.96. The van der Waals surface area contributed by atoms with E-state index in [1.807, 2.05) is 23.9 Å². The van der Waals surface area contributed by atoms with Gasteiger partial charge in [-0.05, 0) is 30.5 Å². The molecule has 1 saturated carbocycles. The first-order chi connectivity index (χ1) is 10.2. The van der Waals surface area contributed by atoms with Crippen LogP contribution in [0, 0.1) is 5.82 Å². The van der Waals surface area contributed by atoms with E-state index in [1.54, 1.807) is 0 Å². The predicted molar refractivity (Wildman–Crippen MR) is 84.1 cm³/mol. The summed E-state index contributed by atoms with van der Waals surface area (Å²) >= 11 is 1.90. The second-order valence-electron chi connectivity index (χ2n) is 5.99.